The SMILES string of the molecule is CCCOc1nn(-c2ccccc2)c(NC(=O)N[C@@H]2CN(CC(C)=O)C[C@H]2c2ccc(F)c(F)c2)c1C. The van der Waals surface area contributed by atoms with Crippen LogP contribution in [0.4, 0.5) is 19.4 Å². The lowest BCUT2D eigenvalue weighted by atomic mass is 9.94. The number of benzene rings is 2. The van der Waals surface area contributed by atoms with Gasteiger partial charge >= 0.3 is 6.03 Å². The second-order valence-electron chi connectivity index (χ2n) is 9.26. The van der Waals surface area contributed by atoms with Gasteiger partial charge in [0.15, 0.2) is 11.6 Å². The number of ketones is 1. The first-order valence-electron chi connectivity index (χ1n) is 12.3. The van der Waals surface area contributed by atoms with Gasteiger partial charge in [-0.15, -0.1) is 5.10 Å². The van der Waals surface area contributed by atoms with E-state index in [2.05, 4.69) is 15.7 Å². The summed E-state index contributed by atoms with van der Waals surface area (Å²) in [5.41, 5.74) is 1.98. The normalized spacial score (nSPS) is 17.5. The van der Waals surface area contributed by atoms with Gasteiger partial charge in [0, 0.05) is 19.0 Å². The Labute approximate surface area is 214 Å². The van der Waals surface area contributed by atoms with Gasteiger partial charge in [0.1, 0.15) is 11.6 Å². The summed E-state index contributed by atoms with van der Waals surface area (Å²) in [7, 11) is 0. The first-order chi connectivity index (χ1) is 17.8. The van der Waals surface area contributed by atoms with Crippen molar-refractivity contribution < 1.29 is 23.1 Å². The average molecular weight is 512 g/mol. The largest absolute Gasteiger partial charge is 0.476 e. The maximum Gasteiger partial charge on any atom is 0.320 e. The molecule has 0 bridgehead atoms. The molecule has 2 N–H and O–H groups in total. The van der Waals surface area contributed by atoms with Crippen molar-refractivity contribution in [3.63, 3.8) is 0 Å². The third kappa shape index (κ3) is 6.14. The number of nitrogens with one attached hydrogen (secondary N) is 2. The minimum atomic E-state index is -0.951. The van der Waals surface area contributed by atoms with E-state index in [1.807, 2.05) is 49.1 Å². The Balaban J connectivity index is 1.58. The van der Waals surface area contributed by atoms with Crippen LogP contribution in [0, 0.1) is 18.6 Å². The zero-order valence-electron chi connectivity index (χ0n) is 21.1. The highest BCUT2D eigenvalue weighted by Crippen LogP contribution is 2.31. The molecule has 3 aromatic rings. The topological polar surface area (TPSA) is 88.5 Å². The smallest absolute Gasteiger partial charge is 0.320 e. The van der Waals surface area contributed by atoms with Crippen LogP contribution in [0.2, 0.25) is 0 Å². The zero-order valence-corrected chi connectivity index (χ0v) is 21.1. The molecule has 2 amide bonds. The van der Waals surface area contributed by atoms with Crippen LogP contribution in [0.1, 0.15) is 37.3 Å². The number of anilines is 1. The van der Waals surface area contributed by atoms with Crippen LogP contribution in [-0.4, -0.2) is 58.8 Å². The average Bonchev–Trinajstić information content (AvgIpc) is 3.39. The molecule has 0 saturated carbocycles. The standard InChI is InChI=1S/C27H31F2N5O3/c1-4-12-37-26-18(3)25(34(32-26)20-8-6-5-7-9-20)31-27(36)30-24-16-33(14-17(2)35)15-21(24)19-10-11-22(28)23(29)13-19/h5-11,13,21,24H,4,12,14-16H2,1-3H3,(H2,30,31,36)/t21-,24+/m0/s1. The predicted octanol–water partition coefficient (Wildman–Crippen LogP) is 4.43. The molecule has 2 heterocycles. The van der Waals surface area contributed by atoms with E-state index in [1.54, 1.807) is 4.68 Å². The summed E-state index contributed by atoms with van der Waals surface area (Å²) >= 11 is 0. The number of hydrogen-bond donors (Lipinski definition) is 2. The van der Waals surface area contributed by atoms with Crippen molar-refractivity contribution in [2.45, 2.75) is 39.2 Å². The van der Waals surface area contributed by atoms with Crippen molar-refractivity contribution in [2.75, 3.05) is 31.6 Å². The summed E-state index contributed by atoms with van der Waals surface area (Å²) in [6.45, 7) is 6.81. The van der Waals surface area contributed by atoms with Crippen molar-refractivity contribution in [1.29, 1.82) is 0 Å². The summed E-state index contributed by atoms with van der Waals surface area (Å²) in [6.07, 6.45) is 0.810. The Hall–Kier alpha value is -3.79. The lowest BCUT2D eigenvalue weighted by molar-refractivity contribution is -0.117. The molecule has 0 unspecified atom stereocenters. The molecule has 196 valence electrons. The molecule has 0 radical (unpaired) electrons. The third-order valence-electron chi connectivity index (χ3n) is 6.28. The quantitative estimate of drug-likeness (QED) is 0.444. The van der Waals surface area contributed by atoms with Crippen LogP contribution in [-0.2, 0) is 4.79 Å². The van der Waals surface area contributed by atoms with Crippen LogP contribution < -0.4 is 15.4 Å². The molecule has 0 spiro atoms. The highest BCUT2D eigenvalue weighted by atomic mass is 19.2. The zero-order chi connectivity index (χ0) is 26.5. The molecule has 1 fully saturated rings. The highest BCUT2D eigenvalue weighted by molar-refractivity contribution is 5.90. The number of para-hydroxylation sites is 1. The molecule has 1 aliphatic rings. The van der Waals surface area contributed by atoms with Crippen LogP contribution in [0.15, 0.2) is 48.5 Å². The minimum absolute atomic E-state index is 0.0175. The second-order valence-corrected chi connectivity index (χ2v) is 9.26. The van der Waals surface area contributed by atoms with E-state index in [-0.39, 0.29) is 18.2 Å². The molecule has 1 aromatic heterocycles. The van der Waals surface area contributed by atoms with E-state index in [4.69, 9.17) is 4.74 Å². The Morgan fingerprint density at radius 1 is 1.11 bits per heavy atom. The van der Waals surface area contributed by atoms with E-state index in [0.717, 1.165) is 24.2 Å². The number of ether oxygens (including phenoxy) is 1. The third-order valence-corrected chi connectivity index (χ3v) is 6.28. The van der Waals surface area contributed by atoms with Crippen LogP contribution >= 0.6 is 0 Å². The lowest BCUT2D eigenvalue weighted by Gasteiger charge is -2.21. The van der Waals surface area contributed by atoms with Crippen molar-refractivity contribution in [3.05, 3.63) is 71.3 Å². The Morgan fingerprint density at radius 2 is 1.86 bits per heavy atom. The number of likely N-dealkylation sites (tertiary alicyclic amines) is 1. The fourth-order valence-corrected chi connectivity index (χ4v) is 4.58. The number of rotatable bonds is 9. The summed E-state index contributed by atoms with van der Waals surface area (Å²) < 4.78 is 34.9. The van der Waals surface area contributed by atoms with E-state index in [0.29, 0.717) is 42.5 Å². The number of nitrogens with zero attached hydrogens (tertiary/aromatic N) is 3. The maximum absolute atomic E-state index is 14.0. The predicted molar refractivity (Wildman–Crippen MR) is 136 cm³/mol. The molecule has 8 nitrogen and oxygen atoms in total. The van der Waals surface area contributed by atoms with Crippen LogP contribution in [0.25, 0.3) is 5.69 Å². The number of Topliss-reactive ketones (excluding diaryl/α,β-unsaturated/α-hetero) is 1. The van der Waals surface area contributed by atoms with Gasteiger partial charge < -0.3 is 10.1 Å². The van der Waals surface area contributed by atoms with Crippen molar-refractivity contribution >= 4 is 17.6 Å². The number of amides is 2. The summed E-state index contributed by atoms with van der Waals surface area (Å²) in [4.78, 5) is 26.9. The second kappa shape index (κ2) is 11.5. The summed E-state index contributed by atoms with van der Waals surface area (Å²) in [5.74, 6) is -1.35. The number of carbonyl (C=O) groups excluding carboxylic acids is 2. The van der Waals surface area contributed by atoms with Crippen molar-refractivity contribution in [3.8, 4) is 11.6 Å². The van der Waals surface area contributed by atoms with Gasteiger partial charge in [0.2, 0.25) is 5.88 Å². The van der Waals surface area contributed by atoms with Gasteiger partial charge in [-0.1, -0.05) is 31.2 Å². The van der Waals surface area contributed by atoms with Crippen molar-refractivity contribution in [1.82, 2.24) is 20.0 Å². The minimum Gasteiger partial charge on any atom is -0.476 e. The molecule has 2 aromatic carbocycles. The first-order valence-corrected chi connectivity index (χ1v) is 12.3. The van der Waals surface area contributed by atoms with E-state index in [1.165, 1.54) is 13.0 Å². The first kappa shape index (κ1) is 26.3. The number of carbonyl (C=O) groups is 2. The van der Waals surface area contributed by atoms with Crippen LogP contribution in [0.5, 0.6) is 5.88 Å². The molecular weight excluding hydrogens is 480 g/mol. The number of halogens is 2. The fourth-order valence-electron chi connectivity index (χ4n) is 4.58. The fraction of sp³-hybridized carbons (Fsp3) is 0.370. The van der Waals surface area contributed by atoms with Gasteiger partial charge in [-0.25, -0.2) is 18.3 Å². The van der Waals surface area contributed by atoms with Crippen molar-refractivity contribution in [2.24, 2.45) is 0 Å². The monoisotopic (exact) mass is 511 g/mol. The van der Waals surface area contributed by atoms with Crippen LogP contribution in [0.3, 0.4) is 0 Å². The summed E-state index contributed by atoms with van der Waals surface area (Å²) in [6, 6.07) is 12.2. The number of urea groups is 1. The molecule has 10 heteroatoms. The van der Waals surface area contributed by atoms with Gasteiger partial charge in [0.05, 0.1) is 30.4 Å². The summed E-state index contributed by atoms with van der Waals surface area (Å²) in [5, 5.41) is 10.4. The molecule has 0 aliphatic carbocycles. The van der Waals surface area contributed by atoms with Gasteiger partial charge in [-0.2, -0.15) is 0 Å². The van der Waals surface area contributed by atoms with Gasteiger partial charge in [-0.05, 0) is 50.1 Å². The lowest BCUT2D eigenvalue weighted by Crippen LogP contribution is -2.42. The van der Waals surface area contributed by atoms with E-state index < -0.39 is 23.7 Å². The molecule has 2 atom stereocenters. The number of aromatic nitrogens is 2. The molecular formula is C27H31F2N5O3. The van der Waals surface area contributed by atoms with E-state index in [9.17, 15) is 18.4 Å². The Morgan fingerprint density at radius 3 is 2.54 bits per heavy atom. The highest BCUT2D eigenvalue weighted by Gasteiger charge is 2.36. The Bertz CT molecular complexity index is 1260. The Kier molecular flexibility index (Phi) is 8.17. The maximum atomic E-state index is 14.0. The van der Waals surface area contributed by atoms with Gasteiger partial charge in [-0.3, -0.25) is 15.0 Å². The molecule has 1 saturated heterocycles. The molecule has 4 rings (SSSR count). The van der Waals surface area contributed by atoms with Gasteiger partial charge in [0.25, 0.3) is 0 Å². The number of hydrogen-bond acceptors (Lipinski definition) is 5. The molecule has 37 heavy (non-hydrogen) atoms. The molecule has 1 aliphatic heterocycles. The van der Waals surface area contributed by atoms with E-state index >= 15 is 0 Å².